The largest absolute Gasteiger partial charge is 0.457 e. The molecule has 0 bridgehead atoms. The Morgan fingerprint density at radius 1 is 0.246 bits per heavy atom. The van der Waals surface area contributed by atoms with Crippen LogP contribution in [0.2, 0.25) is 0 Å². The van der Waals surface area contributed by atoms with Gasteiger partial charge in [0, 0.05) is 11.1 Å². The third-order valence-electron chi connectivity index (χ3n) is 12.9. The summed E-state index contributed by atoms with van der Waals surface area (Å²) in [5, 5.41) is 0. The first kappa shape index (κ1) is 32.1. The number of benzene rings is 9. The monoisotopic (exact) mass is 724 g/mol. The fourth-order valence-corrected chi connectivity index (χ4v) is 10.5. The van der Waals surface area contributed by atoms with E-state index in [2.05, 4.69) is 218 Å². The fraction of sp³-hybridized carbons (Fsp3) is 0.0357. The quantitative estimate of drug-likeness (QED) is 0.176. The Morgan fingerprint density at radius 2 is 0.632 bits per heavy atom. The Hall–Kier alpha value is -7.22. The molecule has 0 atom stereocenters. The number of hydrogen-bond acceptors (Lipinski definition) is 1. The van der Waals surface area contributed by atoms with E-state index in [1.54, 1.807) is 0 Å². The third kappa shape index (κ3) is 4.34. The van der Waals surface area contributed by atoms with Crippen LogP contribution in [0, 0.1) is 0 Å². The predicted octanol–water partition coefficient (Wildman–Crippen LogP) is 13.9. The fourth-order valence-electron chi connectivity index (χ4n) is 10.5. The van der Waals surface area contributed by atoms with Crippen LogP contribution in [0.3, 0.4) is 0 Å². The molecule has 57 heavy (non-hydrogen) atoms. The lowest BCUT2D eigenvalue weighted by Crippen LogP contribution is -2.34. The Kier molecular flexibility index (Phi) is 6.83. The van der Waals surface area contributed by atoms with Crippen molar-refractivity contribution in [2.75, 3.05) is 0 Å². The van der Waals surface area contributed by atoms with Crippen LogP contribution in [0.1, 0.15) is 44.5 Å². The second-order valence-corrected chi connectivity index (χ2v) is 15.5. The summed E-state index contributed by atoms with van der Waals surface area (Å²) in [6.07, 6.45) is 0. The van der Waals surface area contributed by atoms with E-state index in [4.69, 9.17) is 4.74 Å². The molecule has 12 rings (SSSR count). The minimum Gasteiger partial charge on any atom is -0.457 e. The van der Waals surface area contributed by atoms with Gasteiger partial charge in [-0.25, -0.2) is 0 Å². The van der Waals surface area contributed by atoms with Crippen LogP contribution in [0.15, 0.2) is 218 Å². The van der Waals surface area contributed by atoms with Crippen LogP contribution >= 0.6 is 0 Å². The molecule has 1 heterocycles. The molecular formula is C56H36O. The molecule has 0 N–H and O–H groups in total. The normalized spacial score (nSPS) is 14.4. The van der Waals surface area contributed by atoms with Gasteiger partial charge in [0.15, 0.2) is 0 Å². The summed E-state index contributed by atoms with van der Waals surface area (Å²) in [5.74, 6) is 1.77. The van der Waals surface area contributed by atoms with Crippen LogP contribution in [-0.2, 0) is 10.8 Å². The Labute approximate surface area is 333 Å². The molecule has 2 aliphatic carbocycles. The molecule has 266 valence electrons. The molecule has 0 radical (unpaired) electrons. The van der Waals surface area contributed by atoms with Gasteiger partial charge in [0.25, 0.3) is 0 Å². The smallest absolute Gasteiger partial charge is 0.132 e. The zero-order chi connectivity index (χ0) is 37.6. The highest BCUT2D eigenvalue weighted by Crippen LogP contribution is 2.63. The minimum atomic E-state index is -0.557. The van der Waals surface area contributed by atoms with E-state index in [-0.39, 0.29) is 5.41 Å². The molecule has 0 saturated carbocycles. The van der Waals surface area contributed by atoms with Crippen LogP contribution in [0.25, 0.3) is 44.5 Å². The summed E-state index contributed by atoms with van der Waals surface area (Å²) in [5.41, 5.74) is 19.3. The van der Waals surface area contributed by atoms with E-state index in [0.717, 1.165) is 28.2 Å². The van der Waals surface area contributed by atoms with Crippen molar-refractivity contribution < 1.29 is 4.74 Å². The number of ether oxygens (including phenoxy) is 1. The molecule has 1 aliphatic heterocycles. The van der Waals surface area contributed by atoms with Gasteiger partial charge < -0.3 is 4.74 Å². The summed E-state index contributed by atoms with van der Waals surface area (Å²) in [6.45, 7) is 0. The molecule has 1 nitrogen and oxygen atoms in total. The van der Waals surface area contributed by atoms with Crippen molar-refractivity contribution in [3.63, 3.8) is 0 Å². The highest BCUT2D eigenvalue weighted by molar-refractivity contribution is 5.96. The van der Waals surface area contributed by atoms with Gasteiger partial charge in [-0.15, -0.1) is 0 Å². The summed E-state index contributed by atoms with van der Waals surface area (Å²) in [7, 11) is 0. The standard InChI is InChI=1S/C56H36O/c1-3-15-41(16-4-1)55(42-17-5-2-6-18-42)50-25-13-14-26-53(50)57-54-34-32-40(36-52(54)55)38-29-27-37(28-30-38)39-31-33-46-45-21-9-12-24-49(45)56(51(46)35-39)47-22-10-7-19-43(47)44-20-8-11-23-48(44)56/h1-36H. The lowest BCUT2D eigenvalue weighted by Gasteiger charge is -2.41. The van der Waals surface area contributed by atoms with Crippen LogP contribution < -0.4 is 4.74 Å². The average Bonchev–Trinajstić information content (AvgIpc) is 3.76. The lowest BCUT2D eigenvalue weighted by molar-refractivity contribution is 0.434. The molecule has 9 aromatic carbocycles. The number of fused-ring (bicyclic) bond motifs is 12. The first-order valence-electron chi connectivity index (χ1n) is 19.8. The van der Waals surface area contributed by atoms with E-state index in [1.807, 2.05) is 0 Å². The molecule has 1 heteroatoms. The van der Waals surface area contributed by atoms with E-state index in [9.17, 15) is 0 Å². The SMILES string of the molecule is c1ccc(C2(c3ccccc3)c3ccccc3Oc3ccc(-c4ccc(-c5ccc6c(c5)C5(c7ccccc7-c7ccccc75)c5ccccc5-6)cc4)cc32)cc1. The van der Waals surface area contributed by atoms with Gasteiger partial charge >= 0.3 is 0 Å². The van der Waals surface area contributed by atoms with Gasteiger partial charge in [0.2, 0.25) is 0 Å². The van der Waals surface area contributed by atoms with Gasteiger partial charge in [-0.1, -0.05) is 194 Å². The van der Waals surface area contributed by atoms with Gasteiger partial charge in [0.05, 0.1) is 10.8 Å². The maximum absolute atomic E-state index is 6.69. The Bertz CT molecular complexity index is 2930. The lowest BCUT2D eigenvalue weighted by atomic mass is 9.63. The molecule has 0 amide bonds. The first-order valence-corrected chi connectivity index (χ1v) is 19.8. The topological polar surface area (TPSA) is 9.23 Å². The molecule has 0 aromatic heterocycles. The second kappa shape index (κ2) is 12.1. The van der Waals surface area contributed by atoms with E-state index in [0.29, 0.717) is 0 Å². The number of rotatable bonds is 4. The predicted molar refractivity (Wildman–Crippen MR) is 232 cm³/mol. The van der Waals surface area contributed by atoms with Crippen LogP contribution in [-0.4, -0.2) is 0 Å². The van der Waals surface area contributed by atoms with E-state index < -0.39 is 5.41 Å². The van der Waals surface area contributed by atoms with Crippen LogP contribution in [0.4, 0.5) is 0 Å². The molecule has 0 unspecified atom stereocenters. The maximum Gasteiger partial charge on any atom is 0.132 e. The molecular weight excluding hydrogens is 689 g/mol. The molecule has 3 aliphatic rings. The van der Waals surface area contributed by atoms with Crippen molar-refractivity contribution in [2.24, 2.45) is 0 Å². The second-order valence-electron chi connectivity index (χ2n) is 15.5. The van der Waals surface area contributed by atoms with Gasteiger partial charge in [-0.3, -0.25) is 0 Å². The van der Waals surface area contributed by atoms with Gasteiger partial charge in [0.1, 0.15) is 11.5 Å². The van der Waals surface area contributed by atoms with Crippen molar-refractivity contribution in [1.82, 2.24) is 0 Å². The minimum absolute atomic E-state index is 0.358. The third-order valence-corrected chi connectivity index (χ3v) is 12.9. The van der Waals surface area contributed by atoms with Crippen molar-refractivity contribution in [2.45, 2.75) is 10.8 Å². The van der Waals surface area contributed by atoms with Crippen molar-refractivity contribution in [3.05, 3.63) is 263 Å². The zero-order valence-corrected chi connectivity index (χ0v) is 31.2. The molecule has 0 fully saturated rings. The number of para-hydroxylation sites is 1. The van der Waals surface area contributed by atoms with Crippen molar-refractivity contribution in [1.29, 1.82) is 0 Å². The highest BCUT2D eigenvalue weighted by Gasteiger charge is 2.51. The Balaban J connectivity index is 0.993. The average molecular weight is 725 g/mol. The van der Waals surface area contributed by atoms with E-state index in [1.165, 1.54) is 72.3 Å². The molecule has 1 spiro atoms. The summed E-state index contributed by atoms with van der Waals surface area (Å²) < 4.78 is 6.69. The number of hydrogen-bond donors (Lipinski definition) is 0. The zero-order valence-electron chi connectivity index (χ0n) is 31.2. The van der Waals surface area contributed by atoms with Crippen molar-refractivity contribution in [3.8, 4) is 56.0 Å². The van der Waals surface area contributed by atoms with Gasteiger partial charge in [-0.2, -0.15) is 0 Å². The molecule has 9 aromatic rings. The molecule has 0 saturated heterocycles. The first-order chi connectivity index (χ1) is 28.3. The summed E-state index contributed by atoms with van der Waals surface area (Å²) in [4.78, 5) is 0. The maximum atomic E-state index is 6.69. The highest BCUT2D eigenvalue weighted by atomic mass is 16.5. The summed E-state index contributed by atoms with van der Waals surface area (Å²) >= 11 is 0. The van der Waals surface area contributed by atoms with Crippen LogP contribution in [0.5, 0.6) is 11.5 Å². The van der Waals surface area contributed by atoms with Crippen molar-refractivity contribution >= 4 is 0 Å². The van der Waals surface area contributed by atoms with Gasteiger partial charge in [-0.05, 0) is 102 Å². The Morgan fingerprint density at radius 3 is 1.18 bits per heavy atom. The summed E-state index contributed by atoms with van der Waals surface area (Å²) in [6, 6.07) is 80.3. The van der Waals surface area contributed by atoms with E-state index >= 15 is 0 Å².